The molecule has 0 saturated heterocycles. The fourth-order valence-electron chi connectivity index (χ4n) is 3.13. The van der Waals surface area contributed by atoms with Crippen molar-refractivity contribution in [2.45, 2.75) is 45.2 Å². The second-order valence-electron chi connectivity index (χ2n) is 6.38. The smallest absolute Gasteiger partial charge is 0.330 e. The number of benzene rings is 1. The van der Waals surface area contributed by atoms with Gasteiger partial charge in [0.25, 0.3) is 5.56 Å². The van der Waals surface area contributed by atoms with Gasteiger partial charge in [-0.1, -0.05) is 30.3 Å². The highest BCUT2D eigenvalue weighted by Crippen LogP contribution is 2.34. The summed E-state index contributed by atoms with van der Waals surface area (Å²) in [7, 11) is 0. The predicted molar refractivity (Wildman–Crippen MR) is 87.4 cm³/mol. The number of hydrogen-bond donors (Lipinski definition) is 2. The van der Waals surface area contributed by atoms with E-state index in [0.717, 1.165) is 12.0 Å². The maximum atomic E-state index is 12.5. The zero-order chi connectivity index (χ0) is 15.9. The Bertz CT molecular complexity index is 805. The lowest BCUT2D eigenvalue weighted by Gasteiger charge is -2.37. The minimum Gasteiger partial charge on any atom is -0.362 e. The lowest BCUT2D eigenvalue weighted by atomic mass is 9.83. The van der Waals surface area contributed by atoms with Gasteiger partial charge >= 0.3 is 5.69 Å². The van der Waals surface area contributed by atoms with E-state index in [-0.39, 0.29) is 22.8 Å². The standard InChI is InChI=1S/C17H21N3O2/c1-11(2)20-15(21)13-9-10-17(3,12-7-5-4-6-8-12)19-14(13)18-16(20)22/h4-8,11,19H,9-10H2,1-3H3,(H,18,22)/t17-/m0/s1. The summed E-state index contributed by atoms with van der Waals surface area (Å²) in [4.78, 5) is 27.5. The molecule has 2 aromatic rings. The molecule has 0 unspecified atom stereocenters. The van der Waals surface area contributed by atoms with E-state index in [1.54, 1.807) is 0 Å². The minimum absolute atomic E-state index is 0.149. The largest absolute Gasteiger partial charge is 0.362 e. The molecule has 0 fully saturated rings. The third kappa shape index (κ3) is 2.26. The molecule has 0 radical (unpaired) electrons. The molecule has 2 heterocycles. The van der Waals surface area contributed by atoms with Crippen LogP contribution in [0.1, 0.15) is 44.4 Å². The van der Waals surface area contributed by atoms with Crippen LogP contribution in [0.15, 0.2) is 39.9 Å². The second kappa shape index (κ2) is 5.16. The van der Waals surface area contributed by atoms with Gasteiger partial charge in [0, 0.05) is 6.04 Å². The SMILES string of the molecule is CC(C)n1c(=O)[nH]c2c(c1=O)CC[C@@](C)(c1ccccc1)N2. The molecule has 0 spiro atoms. The van der Waals surface area contributed by atoms with Gasteiger partial charge in [0.05, 0.1) is 11.1 Å². The van der Waals surface area contributed by atoms with Gasteiger partial charge in [-0.15, -0.1) is 0 Å². The second-order valence-corrected chi connectivity index (χ2v) is 6.38. The summed E-state index contributed by atoms with van der Waals surface area (Å²) in [5, 5.41) is 3.37. The Morgan fingerprint density at radius 2 is 1.86 bits per heavy atom. The van der Waals surface area contributed by atoms with Crippen molar-refractivity contribution in [1.82, 2.24) is 9.55 Å². The molecule has 1 aliphatic rings. The minimum atomic E-state index is -0.358. The normalized spacial score (nSPS) is 20.5. The molecule has 5 nitrogen and oxygen atoms in total. The highest BCUT2D eigenvalue weighted by atomic mass is 16.2. The summed E-state index contributed by atoms with van der Waals surface area (Å²) in [6.07, 6.45) is 1.46. The average Bonchev–Trinajstić information content (AvgIpc) is 2.47. The summed E-state index contributed by atoms with van der Waals surface area (Å²) < 4.78 is 1.28. The van der Waals surface area contributed by atoms with Gasteiger partial charge in [0.2, 0.25) is 0 Å². The predicted octanol–water partition coefficient (Wildman–Crippen LogP) is 2.39. The van der Waals surface area contributed by atoms with Crippen molar-refractivity contribution in [3.63, 3.8) is 0 Å². The summed E-state index contributed by atoms with van der Waals surface area (Å²) in [6, 6.07) is 9.95. The van der Waals surface area contributed by atoms with Gasteiger partial charge in [0.15, 0.2) is 0 Å². The van der Waals surface area contributed by atoms with Crippen LogP contribution in [0.3, 0.4) is 0 Å². The van der Waals surface area contributed by atoms with Crippen LogP contribution in [0.25, 0.3) is 0 Å². The molecular weight excluding hydrogens is 278 g/mol. The van der Waals surface area contributed by atoms with E-state index in [1.807, 2.05) is 32.0 Å². The Balaban J connectivity index is 2.09. The summed E-state index contributed by atoms with van der Waals surface area (Å²) >= 11 is 0. The molecule has 1 aromatic carbocycles. The summed E-state index contributed by atoms with van der Waals surface area (Å²) in [6.45, 7) is 5.78. The van der Waals surface area contributed by atoms with Gasteiger partial charge in [-0.25, -0.2) is 4.79 Å². The van der Waals surface area contributed by atoms with E-state index in [0.29, 0.717) is 17.8 Å². The molecule has 3 rings (SSSR count). The monoisotopic (exact) mass is 299 g/mol. The van der Waals surface area contributed by atoms with Gasteiger partial charge in [-0.3, -0.25) is 14.3 Å². The average molecular weight is 299 g/mol. The first-order valence-corrected chi connectivity index (χ1v) is 7.64. The van der Waals surface area contributed by atoms with Gasteiger partial charge in [-0.05, 0) is 39.2 Å². The summed E-state index contributed by atoms with van der Waals surface area (Å²) in [5.74, 6) is 0.560. The number of aromatic amines is 1. The third-order valence-electron chi connectivity index (χ3n) is 4.43. The van der Waals surface area contributed by atoms with Crippen LogP contribution in [0.2, 0.25) is 0 Å². The van der Waals surface area contributed by atoms with Gasteiger partial charge in [-0.2, -0.15) is 0 Å². The number of rotatable bonds is 2. The molecule has 2 N–H and O–H groups in total. The highest BCUT2D eigenvalue weighted by Gasteiger charge is 2.33. The molecule has 0 aliphatic carbocycles. The molecule has 0 amide bonds. The van der Waals surface area contributed by atoms with E-state index in [1.165, 1.54) is 4.57 Å². The molecular formula is C17H21N3O2. The van der Waals surface area contributed by atoms with Gasteiger partial charge < -0.3 is 5.32 Å². The number of hydrogen-bond acceptors (Lipinski definition) is 3. The van der Waals surface area contributed by atoms with Crippen LogP contribution in [0.5, 0.6) is 0 Å². The number of nitrogens with zero attached hydrogens (tertiary/aromatic N) is 1. The Labute approximate surface area is 129 Å². The van der Waals surface area contributed by atoms with Crippen LogP contribution in [0, 0.1) is 0 Å². The quantitative estimate of drug-likeness (QED) is 0.895. The first-order valence-electron chi connectivity index (χ1n) is 7.64. The first-order chi connectivity index (χ1) is 10.4. The molecule has 116 valence electrons. The molecule has 0 saturated carbocycles. The van der Waals surface area contributed by atoms with E-state index < -0.39 is 0 Å². The van der Waals surface area contributed by atoms with Crippen LogP contribution >= 0.6 is 0 Å². The van der Waals surface area contributed by atoms with Crippen molar-refractivity contribution in [2.75, 3.05) is 5.32 Å². The van der Waals surface area contributed by atoms with Crippen LogP contribution in [-0.2, 0) is 12.0 Å². The number of anilines is 1. The Morgan fingerprint density at radius 3 is 2.50 bits per heavy atom. The lowest BCUT2D eigenvalue weighted by Crippen LogP contribution is -2.45. The van der Waals surface area contributed by atoms with Crippen LogP contribution < -0.4 is 16.6 Å². The number of H-pyrrole nitrogens is 1. The van der Waals surface area contributed by atoms with Crippen LogP contribution in [0.4, 0.5) is 5.82 Å². The van der Waals surface area contributed by atoms with E-state index in [9.17, 15) is 9.59 Å². The van der Waals surface area contributed by atoms with Crippen molar-refractivity contribution in [1.29, 1.82) is 0 Å². The fraction of sp³-hybridized carbons (Fsp3) is 0.412. The molecule has 0 bridgehead atoms. The maximum Gasteiger partial charge on any atom is 0.330 e. The maximum absolute atomic E-state index is 12.5. The Morgan fingerprint density at radius 1 is 1.18 bits per heavy atom. The van der Waals surface area contributed by atoms with Gasteiger partial charge in [0.1, 0.15) is 5.82 Å². The van der Waals surface area contributed by atoms with E-state index in [2.05, 4.69) is 29.4 Å². The molecule has 22 heavy (non-hydrogen) atoms. The lowest BCUT2D eigenvalue weighted by molar-refractivity contribution is 0.461. The molecule has 5 heteroatoms. The summed E-state index contributed by atoms with van der Waals surface area (Å²) in [5.41, 5.74) is 0.990. The van der Waals surface area contributed by atoms with Crippen molar-refractivity contribution in [2.24, 2.45) is 0 Å². The van der Waals surface area contributed by atoms with Crippen molar-refractivity contribution in [3.05, 3.63) is 62.3 Å². The Hall–Kier alpha value is -2.30. The molecule has 1 aliphatic heterocycles. The van der Waals surface area contributed by atoms with E-state index >= 15 is 0 Å². The molecule has 1 aromatic heterocycles. The molecule has 1 atom stereocenters. The zero-order valence-electron chi connectivity index (χ0n) is 13.1. The number of aromatic nitrogens is 2. The topological polar surface area (TPSA) is 66.9 Å². The van der Waals surface area contributed by atoms with E-state index in [4.69, 9.17) is 0 Å². The number of nitrogens with one attached hydrogen (secondary N) is 2. The highest BCUT2D eigenvalue weighted by molar-refractivity contribution is 5.50. The zero-order valence-corrected chi connectivity index (χ0v) is 13.1. The third-order valence-corrected chi connectivity index (χ3v) is 4.43. The number of fused-ring (bicyclic) bond motifs is 1. The van der Waals surface area contributed by atoms with Crippen LogP contribution in [-0.4, -0.2) is 9.55 Å². The van der Waals surface area contributed by atoms with Crippen molar-refractivity contribution in [3.8, 4) is 0 Å². The fourth-order valence-corrected chi connectivity index (χ4v) is 3.13. The first kappa shape index (κ1) is 14.6. The Kier molecular flexibility index (Phi) is 3.43. The van der Waals surface area contributed by atoms with Crippen molar-refractivity contribution < 1.29 is 0 Å². The van der Waals surface area contributed by atoms with Crippen molar-refractivity contribution >= 4 is 5.82 Å².